The topological polar surface area (TPSA) is 88.4 Å². The first-order chi connectivity index (χ1) is 14.5. The molecule has 156 valence electrons. The standard InChI is InChI=1S/C23H24N2O4S/c1-4-29-23(27)20-18-7-5-6-8-19(18)30-22(20)25-21(26)16(13-24)12-15-9-10-17(28-3)11-14(15)2/h9-12H,4-8H2,1-3H3,(H,25,26)/b16-12+. The third-order valence-corrected chi connectivity index (χ3v) is 6.23. The van der Waals surface area contributed by atoms with E-state index in [0.717, 1.165) is 47.3 Å². The molecule has 7 heteroatoms. The number of rotatable bonds is 6. The van der Waals surface area contributed by atoms with Gasteiger partial charge in [-0.1, -0.05) is 6.07 Å². The highest BCUT2D eigenvalue weighted by atomic mass is 32.1. The number of nitriles is 1. The maximum absolute atomic E-state index is 12.9. The lowest BCUT2D eigenvalue weighted by atomic mass is 9.95. The van der Waals surface area contributed by atoms with E-state index >= 15 is 0 Å². The Morgan fingerprint density at radius 1 is 1.30 bits per heavy atom. The number of nitrogens with zero attached hydrogens (tertiary/aromatic N) is 1. The van der Waals surface area contributed by atoms with E-state index in [1.165, 1.54) is 11.3 Å². The van der Waals surface area contributed by atoms with Crippen molar-refractivity contribution in [2.45, 2.75) is 39.5 Å². The van der Waals surface area contributed by atoms with E-state index in [-0.39, 0.29) is 12.2 Å². The molecule has 0 saturated carbocycles. The zero-order valence-electron chi connectivity index (χ0n) is 17.3. The van der Waals surface area contributed by atoms with Crippen LogP contribution in [-0.4, -0.2) is 25.6 Å². The first-order valence-corrected chi connectivity index (χ1v) is 10.7. The fraction of sp³-hybridized carbons (Fsp3) is 0.348. The van der Waals surface area contributed by atoms with Gasteiger partial charge in [-0.3, -0.25) is 4.79 Å². The molecule has 1 aromatic carbocycles. The van der Waals surface area contributed by atoms with Gasteiger partial charge in [0, 0.05) is 4.88 Å². The molecule has 0 aliphatic heterocycles. The highest BCUT2D eigenvalue weighted by Gasteiger charge is 2.27. The third kappa shape index (κ3) is 4.55. The third-order valence-electron chi connectivity index (χ3n) is 5.02. The largest absolute Gasteiger partial charge is 0.497 e. The van der Waals surface area contributed by atoms with Crippen LogP contribution in [0.5, 0.6) is 5.75 Å². The summed E-state index contributed by atoms with van der Waals surface area (Å²) in [7, 11) is 1.58. The molecule has 0 radical (unpaired) electrons. The van der Waals surface area contributed by atoms with Crippen LogP contribution in [0.1, 0.15) is 51.7 Å². The normalized spacial score (nSPS) is 13.2. The Hall–Kier alpha value is -3.11. The second kappa shape index (κ2) is 9.59. The second-order valence-corrected chi connectivity index (χ2v) is 8.09. The van der Waals surface area contributed by atoms with Crippen molar-refractivity contribution >= 4 is 34.3 Å². The van der Waals surface area contributed by atoms with E-state index in [1.807, 2.05) is 19.1 Å². The number of methoxy groups -OCH3 is 1. The molecule has 1 amide bonds. The Labute approximate surface area is 180 Å². The van der Waals surface area contributed by atoms with Crippen LogP contribution >= 0.6 is 11.3 Å². The zero-order chi connectivity index (χ0) is 21.7. The summed E-state index contributed by atoms with van der Waals surface area (Å²) in [5.41, 5.74) is 2.99. The summed E-state index contributed by atoms with van der Waals surface area (Å²) in [6, 6.07) is 7.38. The van der Waals surface area contributed by atoms with Gasteiger partial charge in [0.25, 0.3) is 5.91 Å². The molecule has 1 aliphatic carbocycles. The molecule has 0 fully saturated rings. The number of nitrogens with one attached hydrogen (secondary N) is 1. The number of ether oxygens (including phenoxy) is 2. The minimum absolute atomic E-state index is 0.0375. The van der Waals surface area contributed by atoms with Crippen molar-refractivity contribution in [3.8, 4) is 11.8 Å². The molecule has 2 aromatic rings. The first-order valence-electron chi connectivity index (χ1n) is 9.87. The van der Waals surface area contributed by atoms with Crippen LogP contribution in [0.4, 0.5) is 5.00 Å². The highest BCUT2D eigenvalue weighted by Crippen LogP contribution is 2.38. The number of fused-ring (bicyclic) bond motifs is 1. The molecule has 0 atom stereocenters. The number of carbonyl (C=O) groups is 2. The van der Waals surface area contributed by atoms with Gasteiger partial charge in [-0.15, -0.1) is 11.3 Å². The van der Waals surface area contributed by atoms with E-state index in [4.69, 9.17) is 9.47 Å². The molecule has 1 aliphatic rings. The predicted octanol–water partition coefficient (Wildman–Crippen LogP) is 4.67. The van der Waals surface area contributed by atoms with Crippen LogP contribution in [0.15, 0.2) is 23.8 Å². The number of aryl methyl sites for hydroxylation is 2. The van der Waals surface area contributed by atoms with Crippen LogP contribution in [0, 0.1) is 18.3 Å². The van der Waals surface area contributed by atoms with Crippen molar-refractivity contribution in [1.29, 1.82) is 5.26 Å². The second-order valence-electron chi connectivity index (χ2n) is 6.98. The number of anilines is 1. The smallest absolute Gasteiger partial charge is 0.341 e. The van der Waals surface area contributed by atoms with Crippen LogP contribution in [0.25, 0.3) is 6.08 Å². The van der Waals surface area contributed by atoms with Crippen LogP contribution in [-0.2, 0) is 22.4 Å². The molecule has 0 saturated heterocycles. The Morgan fingerprint density at radius 2 is 2.07 bits per heavy atom. The number of hydrogen-bond acceptors (Lipinski definition) is 6. The van der Waals surface area contributed by atoms with Crippen molar-refractivity contribution in [2.24, 2.45) is 0 Å². The van der Waals surface area contributed by atoms with Gasteiger partial charge in [0.2, 0.25) is 0 Å². The average Bonchev–Trinajstić information content (AvgIpc) is 3.10. The lowest BCUT2D eigenvalue weighted by Crippen LogP contribution is -2.16. The van der Waals surface area contributed by atoms with E-state index in [9.17, 15) is 14.9 Å². The minimum atomic E-state index is -0.545. The molecule has 0 unspecified atom stereocenters. The van der Waals surface area contributed by atoms with Gasteiger partial charge < -0.3 is 14.8 Å². The Morgan fingerprint density at radius 3 is 2.73 bits per heavy atom. The van der Waals surface area contributed by atoms with Crippen LogP contribution in [0.2, 0.25) is 0 Å². The number of thiophene rings is 1. The lowest BCUT2D eigenvalue weighted by molar-refractivity contribution is -0.112. The van der Waals surface area contributed by atoms with Crippen LogP contribution in [0.3, 0.4) is 0 Å². The van der Waals surface area contributed by atoms with Crippen molar-refractivity contribution < 1.29 is 19.1 Å². The van der Waals surface area contributed by atoms with Crippen molar-refractivity contribution in [3.05, 3.63) is 50.9 Å². The molecular weight excluding hydrogens is 400 g/mol. The summed E-state index contributed by atoms with van der Waals surface area (Å²) < 4.78 is 10.4. The fourth-order valence-corrected chi connectivity index (χ4v) is 4.76. The van der Waals surface area contributed by atoms with E-state index < -0.39 is 11.9 Å². The summed E-state index contributed by atoms with van der Waals surface area (Å²) in [5, 5.41) is 12.8. The SMILES string of the molecule is CCOC(=O)c1c(NC(=O)/C(C#N)=C/c2ccc(OC)cc2C)sc2c1CCCC2. The van der Waals surface area contributed by atoms with Gasteiger partial charge in [-0.05, 0) is 74.4 Å². The average molecular weight is 425 g/mol. The Kier molecular flexibility index (Phi) is 6.91. The van der Waals surface area contributed by atoms with Gasteiger partial charge in [0.05, 0.1) is 19.3 Å². The molecule has 0 bridgehead atoms. The van der Waals surface area contributed by atoms with Gasteiger partial charge in [0.1, 0.15) is 22.4 Å². The van der Waals surface area contributed by atoms with E-state index in [2.05, 4.69) is 5.32 Å². The van der Waals surface area contributed by atoms with Gasteiger partial charge in [0.15, 0.2) is 0 Å². The minimum Gasteiger partial charge on any atom is -0.497 e. The monoisotopic (exact) mass is 424 g/mol. The quantitative estimate of drug-likeness (QED) is 0.414. The molecular formula is C23H24N2O4S. The number of carbonyl (C=O) groups excluding carboxylic acids is 2. The maximum atomic E-state index is 12.9. The molecule has 1 heterocycles. The number of esters is 1. The molecule has 1 aromatic heterocycles. The molecule has 1 N–H and O–H groups in total. The number of hydrogen-bond donors (Lipinski definition) is 1. The maximum Gasteiger partial charge on any atom is 0.341 e. The summed E-state index contributed by atoms with van der Waals surface area (Å²) >= 11 is 1.40. The molecule has 30 heavy (non-hydrogen) atoms. The molecule has 6 nitrogen and oxygen atoms in total. The summed E-state index contributed by atoms with van der Waals surface area (Å²) in [4.78, 5) is 26.5. The van der Waals surface area contributed by atoms with Gasteiger partial charge in [-0.2, -0.15) is 5.26 Å². The van der Waals surface area contributed by atoms with E-state index in [1.54, 1.807) is 32.2 Å². The first kappa shape index (κ1) is 21.6. The highest BCUT2D eigenvalue weighted by molar-refractivity contribution is 7.17. The lowest BCUT2D eigenvalue weighted by Gasteiger charge is -2.12. The molecule has 0 spiro atoms. The van der Waals surface area contributed by atoms with E-state index in [0.29, 0.717) is 16.3 Å². The van der Waals surface area contributed by atoms with Crippen molar-refractivity contribution in [2.75, 3.05) is 19.0 Å². The molecule has 3 rings (SSSR count). The van der Waals surface area contributed by atoms with Gasteiger partial charge in [-0.25, -0.2) is 4.79 Å². The number of amides is 1. The zero-order valence-corrected chi connectivity index (χ0v) is 18.1. The summed E-state index contributed by atoms with van der Waals surface area (Å²) in [5.74, 6) is -0.270. The summed E-state index contributed by atoms with van der Waals surface area (Å²) in [6.45, 7) is 3.90. The van der Waals surface area contributed by atoms with Gasteiger partial charge >= 0.3 is 5.97 Å². The Bertz CT molecular complexity index is 1050. The Balaban J connectivity index is 1.91. The van der Waals surface area contributed by atoms with Crippen molar-refractivity contribution in [1.82, 2.24) is 0 Å². The van der Waals surface area contributed by atoms with Crippen LogP contribution < -0.4 is 10.1 Å². The van der Waals surface area contributed by atoms with Crippen molar-refractivity contribution in [3.63, 3.8) is 0 Å². The predicted molar refractivity (Wildman–Crippen MR) is 117 cm³/mol. The summed E-state index contributed by atoms with van der Waals surface area (Å²) in [6.07, 6.45) is 5.28. The fourth-order valence-electron chi connectivity index (χ4n) is 3.48. The number of benzene rings is 1.